The summed E-state index contributed by atoms with van der Waals surface area (Å²) < 4.78 is 31.6. The molecule has 0 aromatic rings. The Morgan fingerprint density at radius 2 is 1.33 bits per heavy atom. The van der Waals surface area contributed by atoms with Crippen molar-refractivity contribution < 1.29 is 40.3 Å². The van der Waals surface area contributed by atoms with Gasteiger partial charge in [-0.2, -0.15) is 8.42 Å². The minimum absolute atomic E-state index is 0. The maximum absolute atomic E-state index is 8.74. The molecule has 0 aliphatic carbocycles. The van der Waals surface area contributed by atoms with Crippen LogP contribution < -0.4 is 0 Å². The third kappa shape index (κ3) is 332. The fourth-order valence-corrected chi connectivity index (χ4v) is 0. The summed E-state index contributed by atoms with van der Waals surface area (Å²) in [7, 11) is -4.67. The monoisotopic (exact) mass is 157 g/mol. The van der Waals surface area contributed by atoms with E-state index in [1.165, 1.54) is 0 Å². The molecular formula is H6MnO4S-4. The molecule has 0 atom stereocenters. The average molecular weight is 157 g/mol. The van der Waals surface area contributed by atoms with Crippen LogP contribution >= 0.6 is 0 Å². The summed E-state index contributed by atoms with van der Waals surface area (Å²) in [5.41, 5.74) is 0. The molecule has 0 fully saturated rings. The zero-order chi connectivity index (χ0) is 4.50. The Labute approximate surface area is 51.5 Å². The van der Waals surface area contributed by atoms with Crippen molar-refractivity contribution in [1.29, 1.82) is 0 Å². The first kappa shape index (κ1) is 9.63. The van der Waals surface area contributed by atoms with Gasteiger partial charge in [-0.25, -0.2) is 0 Å². The van der Waals surface area contributed by atoms with Crippen molar-refractivity contribution in [3.63, 3.8) is 0 Å². The molecule has 4 nitrogen and oxygen atoms in total. The molecule has 0 bridgehead atoms. The molecule has 0 saturated carbocycles. The molecule has 47 valence electrons. The van der Waals surface area contributed by atoms with Gasteiger partial charge < -0.3 is 5.71 Å². The van der Waals surface area contributed by atoms with E-state index >= 15 is 0 Å². The summed E-state index contributed by atoms with van der Waals surface area (Å²) in [6.07, 6.45) is 0. The minimum Gasteiger partial charge on any atom is -1.00 e. The Kier molecular flexibility index (Phi) is 4.08. The second-order valence-electron chi connectivity index (χ2n) is 0.448. The molecular weight excluding hydrogens is 151 g/mol. The Bertz CT molecular complexity index is 100. The van der Waals surface area contributed by atoms with E-state index in [0.29, 0.717) is 0 Å². The first-order valence-electron chi connectivity index (χ1n) is 0.698. The van der Waals surface area contributed by atoms with Gasteiger partial charge in [0, 0.05) is 17.1 Å². The third-order valence-electron chi connectivity index (χ3n) is 0. The van der Waals surface area contributed by atoms with Crippen molar-refractivity contribution in [3.8, 4) is 0 Å². The van der Waals surface area contributed by atoms with E-state index in [2.05, 4.69) is 0 Å². The molecule has 0 rings (SSSR count). The van der Waals surface area contributed by atoms with E-state index in [0.717, 1.165) is 0 Å². The Balaban J connectivity index is -0.00000000800. The second kappa shape index (κ2) is 2.54. The Morgan fingerprint density at radius 3 is 1.33 bits per heavy atom. The van der Waals surface area contributed by atoms with Gasteiger partial charge in [0.25, 0.3) is 0 Å². The van der Waals surface area contributed by atoms with Gasteiger partial charge in [-0.1, -0.05) is 0 Å². The van der Waals surface area contributed by atoms with Crippen molar-refractivity contribution in [1.82, 2.24) is 0 Å². The van der Waals surface area contributed by atoms with Crippen LogP contribution in [-0.2, 0) is 27.5 Å². The molecule has 0 unspecified atom stereocenters. The molecule has 0 spiro atoms. The van der Waals surface area contributed by atoms with Crippen molar-refractivity contribution >= 4 is 10.4 Å². The van der Waals surface area contributed by atoms with E-state index in [1.54, 1.807) is 0 Å². The van der Waals surface area contributed by atoms with Gasteiger partial charge in [-0.3, -0.25) is 9.11 Å². The zero-order valence-electron chi connectivity index (χ0n) is 6.50. The van der Waals surface area contributed by atoms with Crippen LogP contribution in [0.5, 0.6) is 0 Å². The summed E-state index contributed by atoms with van der Waals surface area (Å²) in [5, 5.41) is 0. The van der Waals surface area contributed by atoms with E-state index in [9.17, 15) is 0 Å². The smallest absolute Gasteiger partial charge is 0.394 e. The van der Waals surface area contributed by atoms with Crippen LogP contribution in [0.1, 0.15) is 5.71 Å². The van der Waals surface area contributed by atoms with Crippen LogP contribution in [0.2, 0.25) is 0 Å². The average Bonchev–Trinajstić information content (AvgIpc) is 0.722. The van der Waals surface area contributed by atoms with Gasteiger partial charge in [0.1, 0.15) is 0 Å². The number of hydrogen-bond acceptors (Lipinski definition) is 2. The normalized spacial score (nSPS) is 9.67. The quantitative estimate of drug-likeness (QED) is 0.377. The van der Waals surface area contributed by atoms with Crippen LogP contribution in [-0.4, -0.2) is 17.5 Å². The largest absolute Gasteiger partial charge is 1.00 e. The van der Waals surface area contributed by atoms with Crippen LogP contribution in [0.4, 0.5) is 0 Å². The molecule has 0 amide bonds. The maximum atomic E-state index is 8.74. The van der Waals surface area contributed by atoms with Crippen LogP contribution in [0, 0.1) is 0 Å². The van der Waals surface area contributed by atoms with Gasteiger partial charge in [-0.05, 0) is 0 Å². The van der Waals surface area contributed by atoms with Crippen molar-refractivity contribution in [2.45, 2.75) is 0 Å². The molecule has 0 aromatic carbocycles. The summed E-state index contributed by atoms with van der Waals surface area (Å²) in [6, 6.07) is 0. The Hall–Kier alpha value is 0.389. The number of rotatable bonds is 0. The molecule has 0 aliphatic heterocycles. The van der Waals surface area contributed by atoms with Crippen molar-refractivity contribution in [2.75, 3.05) is 0 Å². The second-order valence-corrected chi connectivity index (χ2v) is 1.34. The van der Waals surface area contributed by atoms with Crippen LogP contribution in [0.15, 0.2) is 0 Å². The van der Waals surface area contributed by atoms with Gasteiger partial charge in [0.2, 0.25) is 0 Å². The summed E-state index contributed by atoms with van der Waals surface area (Å²) in [5.74, 6) is 0. The maximum Gasteiger partial charge on any atom is 0.394 e. The van der Waals surface area contributed by atoms with Crippen LogP contribution in [0.3, 0.4) is 0 Å². The molecule has 0 aliphatic rings. The van der Waals surface area contributed by atoms with Crippen molar-refractivity contribution in [2.24, 2.45) is 0 Å². The predicted molar refractivity (Wildman–Crippen MR) is 18.6 cm³/mol. The molecule has 6 heteroatoms. The standard InChI is InChI=1S/Mn.H2O4S.4H/c;1-5(2,3)4;;;;/h;(H2,1,2,3,4);;;;/q;;4*-1. The first-order chi connectivity index (χ1) is 2.00. The Morgan fingerprint density at radius 1 is 1.33 bits per heavy atom. The first-order valence-corrected chi connectivity index (χ1v) is 2.10. The van der Waals surface area contributed by atoms with Gasteiger partial charge in [0.05, 0.1) is 0 Å². The molecule has 0 aromatic heterocycles. The topological polar surface area (TPSA) is 74.6 Å². The van der Waals surface area contributed by atoms with Gasteiger partial charge in [0.15, 0.2) is 0 Å². The van der Waals surface area contributed by atoms with E-state index in [1.807, 2.05) is 0 Å². The van der Waals surface area contributed by atoms with Crippen molar-refractivity contribution in [3.05, 3.63) is 0 Å². The predicted octanol–water partition coefficient (Wildman–Crippen LogP) is -0.205. The summed E-state index contributed by atoms with van der Waals surface area (Å²) in [6.45, 7) is 0. The molecule has 0 saturated heterocycles. The molecule has 6 heavy (non-hydrogen) atoms. The summed E-state index contributed by atoms with van der Waals surface area (Å²) in [4.78, 5) is 0. The number of hydrogen-bond donors (Lipinski definition) is 2. The molecule has 0 heterocycles. The fraction of sp³-hybridized carbons (Fsp3) is 0. The molecule has 2 N–H and O–H groups in total. The summed E-state index contributed by atoms with van der Waals surface area (Å²) >= 11 is 0. The van der Waals surface area contributed by atoms with Gasteiger partial charge >= 0.3 is 10.4 Å². The minimum atomic E-state index is -4.67. The molecule has 1 radical (unpaired) electrons. The van der Waals surface area contributed by atoms with Gasteiger partial charge in [-0.15, -0.1) is 0 Å². The zero-order valence-corrected chi connectivity index (χ0v) is 4.49. The van der Waals surface area contributed by atoms with E-state index < -0.39 is 10.4 Å². The van der Waals surface area contributed by atoms with E-state index in [-0.39, 0.29) is 22.8 Å². The fourth-order valence-electron chi connectivity index (χ4n) is 0. The SMILES string of the molecule is O=S(=O)(O)O.[H-].[H-].[H-].[H-].[Mn]. The third-order valence-corrected chi connectivity index (χ3v) is 0. The van der Waals surface area contributed by atoms with Crippen LogP contribution in [0.25, 0.3) is 0 Å². The van der Waals surface area contributed by atoms with E-state index in [4.69, 9.17) is 17.5 Å².